The number of hydrogen-bond donors (Lipinski definition) is 2. The zero-order valence-electron chi connectivity index (χ0n) is 16.3. The van der Waals surface area contributed by atoms with Crippen LogP contribution in [0.3, 0.4) is 0 Å². The molecule has 2 amide bonds. The molecule has 2 aromatic carbocycles. The van der Waals surface area contributed by atoms with Crippen molar-refractivity contribution < 1.29 is 19.1 Å². The number of carbonyl (C=O) groups excluding carboxylic acids is 3. The Morgan fingerprint density at radius 1 is 1.07 bits per heavy atom. The van der Waals surface area contributed by atoms with Crippen LogP contribution < -0.4 is 10.6 Å². The fourth-order valence-electron chi connectivity index (χ4n) is 2.69. The normalized spacial score (nSPS) is 10.9. The highest BCUT2D eigenvalue weighted by atomic mass is 35.5. The van der Waals surface area contributed by atoms with Gasteiger partial charge in [-0.2, -0.15) is 0 Å². The lowest BCUT2D eigenvalue weighted by Crippen LogP contribution is -2.28. The van der Waals surface area contributed by atoms with Gasteiger partial charge in [-0.25, -0.2) is 4.79 Å². The Hall–Kier alpha value is -2.86. The Morgan fingerprint density at radius 3 is 2.43 bits per heavy atom. The van der Waals surface area contributed by atoms with Gasteiger partial charge in [0.25, 0.3) is 0 Å². The van der Waals surface area contributed by atoms with Gasteiger partial charge >= 0.3 is 12.0 Å². The lowest BCUT2D eigenvalue weighted by Gasteiger charge is -2.22. The second-order valence-corrected chi connectivity index (χ2v) is 7.52. The average molecular weight is 403 g/mol. The van der Waals surface area contributed by atoms with Gasteiger partial charge in [0.2, 0.25) is 0 Å². The summed E-state index contributed by atoms with van der Waals surface area (Å²) in [5, 5.41) is 6.04. The number of Topliss-reactive ketones (excluding diaryl/α,β-unsaturated/α-hetero) is 1. The van der Waals surface area contributed by atoms with E-state index in [1.165, 1.54) is 7.11 Å². The molecule has 0 fully saturated rings. The number of urea groups is 1. The largest absolute Gasteiger partial charge is 0.469 e. The van der Waals surface area contributed by atoms with E-state index in [9.17, 15) is 14.4 Å². The van der Waals surface area contributed by atoms with Gasteiger partial charge in [-0.05, 0) is 42.8 Å². The molecule has 2 aromatic rings. The summed E-state index contributed by atoms with van der Waals surface area (Å²) in [6.45, 7) is 5.20. The Labute approximate surface area is 169 Å². The Balaban J connectivity index is 2.11. The molecule has 0 aromatic heterocycles. The molecule has 148 valence electrons. The first-order valence-electron chi connectivity index (χ1n) is 8.68. The molecule has 0 heterocycles. The number of ether oxygens (including phenoxy) is 1. The van der Waals surface area contributed by atoms with E-state index < -0.39 is 17.4 Å². The highest BCUT2D eigenvalue weighted by Gasteiger charge is 2.31. The highest BCUT2D eigenvalue weighted by molar-refractivity contribution is 6.30. The van der Waals surface area contributed by atoms with E-state index in [-0.39, 0.29) is 12.2 Å². The maximum atomic E-state index is 12.8. The summed E-state index contributed by atoms with van der Waals surface area (Å²) in [6.07, 6.45) is -0.0314. The molecule has 6 nitrogen and oxygen atoms in total. The predicted octanol–water partition coefficient (Wildman–Crippen LogP) is 5.06. The molecule has 0 radical (unpaired) electrons. The van der Waals surface area contributed by atoms with Crippen molar-refractivity contribution in [2.45, 2.75) is 27.2 Å². The third-order valence-electron chi connectivity index (χ3n) is 4.25. The number of aryl methyl sites for hydroxylation is 1. The first-order chi connectivity index (χ1) is 13.1. The number of ketones is 1. The van der Waals surface area contributed by atoms with Gasteiger partial charge in [0.15, 0.2) is 5.78 Å². The number of carbonyl (C=O) groups is 3. The average Bonchev–Trinajstić information content (AvgIpc) is 2.63. The molecule has 0 unspecified atom stereocenters. The van der Waals surface area contributed by atoms with E-state index in [0.717, 1.165) is 5.56 Å². The van der Waals surface area contributed by atoms with Crippen LogP contribution in [0.2, 0.25) is 5.02 Å². The van der Waals surface area contributed by atoms with Gasteiger partial charge < -0.3 is 15.4 Å². The second-order valence-electron chi connectivity index (χ2n) is 7.09. The summed E-state index contributed by atoms with van der Waals surface area (Å²) in [5.74, 6) is -0.666. The zero-order chi connectivity index (χ0) is 20.9. The maximum Gasteiger partial charge on any atom is 0.323 e. The van der Waals surface area contributed by atoms with E-state index in [0.29, 0.717) is 22.0 Å². The number of hydrogen-bond acceptors (Lipinski definition) is 4. The molecule has 0 spiro atoms. The van der Waals surface area contributed by atoms with Crippen LogP contribution in [0.4, 0.5) is 16.2 Å². The third kappa shape index (κ3) is 5.57. The number of anilines is 2. The third-order valence-corrected chi connectivity index (χ3v) is 4.48. The fourth-order valence-corrected chi connectivity index (χ4v) is 2.92. The van der Waals surface area contributed by atoms with Gasteiger partial charge in [0, 0.05) is 27.4 Å². The fraction of sp³-hybridized carbons (Fsp3) is 0.286. The van der Waals surface area contributed by atoms with Crippen LogP contribution >= 0.6 is 11.6 Å². The Morgan fingerprint density at radius 2 is 1.79 bits per heavy atom. The Bertz CT molecular complexity index is 909. The number of methoxy groups -OCH3 is 1. The van der Waals surface area contributed by atoms with Crippen molar-refractivity contribution >= 4 is 40.8 Å². The molecule has 0 aliphatic rings. The molecule has 0 aliphatic carbocycles. The van der Waals surface area contributed by atoms with E-state index in [2.05, 4.69) is 15.4 Å². The summed E-state index contributed by atoms with van der Waals surface area (Å²) < 4.78 is 4.66. The second kappa shape index (κ2) is 8.89. The summed E-state index contributed by atoms with van der Waals surface area (Å²) >= 11 is 5.92. The summed E-state index contributed by atoms with van der Waals surface area (Å²) in [4.78, 5) is 36.6. The summed E-state index contributed by atoms with van der Waals surface area (Å²) in [5.41, 5.74) is 1.40. The summed E-state index contributed by atoms with van der Waals surface area (Å²) in [6, 6.07) is 11.3. The SMILES string of the molecule is COC(=O)CC(C)(C)C(=O)c1cccc(NC(=O)Nc2ccc(Cl)cc2C)c1. The number of benzene rings is 2. The number of nitrogens with one attached hydrogen (secondary N) is 2. The lowest BCUT2D eigenvalue weighted by atomic mass is 9.81. The van der Waals surface area contributed by atoms with Crippen LogP contribution in [-0.2, 0) is 9.53 Å². The van der Waals surface area contributed by atoms with Gasteiger partial charge in [-0.3, -0.25) is 9.59 Å². The van der Waals surface area contributed by atoms with Crippen molar-refractivity contribution in [1.29, 1.82) is 0 Å². The predicted molar refractivity (Wildman–Crippen MR) is 110 cm³/mol. The highest BCUT2D eigenvalue weighted by Crippen LogP contribution is 2.28. The van der Waals surface area contributed by atoms with Gasteiger partial charge in [-0.15, -0.1) is 0 Å². The molecule has 0 saturated heterocycles. The number of rotatable bonds is 6. The Kier molecular flexibility index (Phi) is 6.80. The molecule has 7 heteroatoms. The zero-order valence-corrected chi connectivity index (χ0v) is 17.0. The molecule has 0 bridgehead atoms. The van der Waals surface area contributed by atoms with Gasteiger partial charge in [0.1, 0.15) is 0 Å². The van der Waals surface area contributed by atoms with E-state index >= 15 is 0 Å². The van der Waals surface area contributed by atoms with E-state index in [1.807, 2.05) is 6.92 Å². The molecule has 0 atom stereocenters. The monoisotopic (exact) mass is 402 g/mol. The van der Waals surface area contributed by atoms with Crippen LogP contribution in [0.5, 0.6) is 0 Å². The first-order valence-corrected chi connectivity index (χ1v) is 9.06. The molecular formula is C21H23ClN2O4. The topological polar surface area (TPSA) is 84.5 Å². The number of esters is 1. The molecule has 28 heavy (non-hydrogen) atoms. The van der Waals surface area contributed by atoms with Crippen LogP contribution in [-0.4, -0.2) is 24.9 Å². The quantitative estimate of drug-likeness (QED) is 0.522. The molecule has 2 N–H and O–H groups in total. The van der Waals surface area contributed by atoms with Crippen LogP contribution in [0.25, 0.3) is 0 Å². The maximum absolute atomic E-state index is 12.8. The first kappa shape index (κ1) is 21.4. The van der Waals surface area contributed by atoms with Crippen molar-refractivity contribution in [3.05, 3.63) is 58.6 Å². The number of halogens is 1. The standard InChI is InChI=1S/C21H23ClN2O4/c1-13-10-15(22)8-9-17(13)24-20(27)23-16-7-5-6-14(11-16)19(26)21(2,3)12-18(25)28-4/h5-11H,12H2,1-4H3,(H2,23,24,27). The van der Waals surface area contributed by atoms with Crippen LogP contribution in [0.15, 0.2) is 42.5 Å². The molecule has 2 rings (SSSR count). The van der Waals surface area contributed by atoms with E-state index in [1.54, 1.807) is 56.3 Å². The van der Waals surface area contributed by atoms with E-state index in [4.69, 9.17) is 11.6 Å². The molecular weight excluding hydrogens is 380 g/mol. The van der Waals surface area contributed by atoms with Crippen molar-refractivity contribution in [2.24, 2.45) is 5.41 Å². The molecule has 0 saturated carbocycles. The van der Waals surface area contributed by atoms with Crippen molar-refractivity contribution in [3.63, 3.8) is 0 Å². The van der Waals surface area contributed by atoms with Crippen LogP contribution in [0, 0.1) is 12.3 Å². The van der Waals surface area contributed by atoms with Crippen molar-refractivity contribution in [1.82, 2.24) is 0 Å². The van der Waals surface area contributed by atoms with Crippen LogP contribution in [0.1, 0.15) is 36.2 Å². The van der Waals surface area contributed by atoms with Crippen molar-refractivity contribution in [2.75, 3.05) is 17.7 Å². The van der Waals surface area contributed by atoms with Gasteiger partial charge in [0.05, 0.1) is 13.5 Å². The lowest BCUT2D eigenvalue weighted by molar-refractivity contribution is -0.142. The van der Waals surface area contributed by atoms with Crippen molar-refractivity contribution in [3.8, 4) is 0 Å². The minimum Gasteiger partial charge on any atom is -0.469 e. The number of amides is 2. The van der Waals surface area contributed by atoms with Gasteiger partial charge in [-0.1, -0.05) is 37.6 Å². The minimum atomic E-state index is -0.922. The molecule has 0 aliphatic heterocycles. The smallest absolute Gasteiger partial charge is 0.323 e. The minimum absolute atomic E-state index is 0.0314. The summed E-state index contributed by atoms with van der Waals surface area (Å²) in [7, 11) is 1.29.